The zero-order valence-electron chi connectivity index (χ0n) is 13.8. The number of nitrogens with zero attached hydrogens (tertiary/aromatic N) is 1. The molecule has 5 heteroatoms. The summed E-state index contributed by atoms with van der Waals surface area (Å²) in [5.74, 6) is 1.88. The normalized spacial score (nSPS) is 36.3. The van der Waals surface area contributed by atoms with Crippen LogP contribution in [-0.4, -0.2) is 21.5 Å². The zero-order valence-corrected chi connectivity index (χ0v) is 14.6. The maximum absolute atomic E-state index is 11.5. The van der Waals surface area contributed by atoms with E-state index in [4.69, 9.17) is 0 Å². The average molecular weight is 334 g/mol. The van der Waals surface area contributed by atoms with Crippen molar-refractivity contribution in [2.75, 3.05) is 0 Å². The van der Waals surface area contributed by atoms with Crippen LogP contribution in [0.15, 0.2) is 6.20 Å². The molecule has 126 valence electrons. The van der Waals surface area contributed by atoms with E-state index < -0.39 is 5.97 Å². The topological polar surface area (TPSA) is 62.2 Å². The Kier molecular flexibility index (Phi) is 3.96. The van der Waals surface area contributed by atoms with E-state index in [0.29, 0.717) is 0 Å². The van der Waals surface area contributed by atoms with E-state index in [1.807, 2.05) is 6.20 Å². The Morgan fingerprint density at radius 2 is 1.96 bits per heavy atom. The molecule has 0 saturated heterocycles. The first-order valence-corrected chi connectivity index (χ1v) is 9.67. The third-order valence-electron chi connectivity index (χ3n) is 6.59. The van der Waals surface area contributed by atoms with Gasteiger partial charge in [-0.15, -0.1) is 0 Å². The van der Waals surface area contributed by atoms with Gasteiger partial charge in [-0.25, -0.2) is 4.37 Å². The van der Waals surface area contributed by atoms with Crippen molar-refractivity contribution in [1.29, 1.82) is 0 Å². The van der Waals surface area contributed by atoms with Crippen LogP contribution in [0, 0.1) is 30.1 Å². The summed E-state index contributed by atoms with van der Waals surface area (Å²) < 4.78 is 4.24. The van der Waals surface area contributed by atoms with Crippen molar-refractivity contribution in [3.8, 4) is 0 Å². The van der Waals surface area contributed by atoms with Gasteiger partial charge in [0.1, 0.15) is 0 Å². The van der Waals surface area contributed by atoms with Gasteiger partial charge in [-0.2, -0.15) is 0 Å². The third kappa shape index (κ3) is 2.93. The molecule has 0 aromatic carbocycles. The summed E-state index contributed by atoms with van der Waals surface area (Å²) in [4.78, 5) is 12.7. The molecule has 4 nitrogen and oxygen atoms in total. The number of aromatic nitrogens is 1. The maximum atomic E-state index is 11.5. The van der Waals surface area contributed by atoms with Crippen molar-refractivity contribution in [3.05, 3.63) is 16.6 Å². The quantitative estimate of drug-likeness (QED) is 0.834. The molecule has 2 N–H and O–H groups in total. The largest absolute Gasteiger partial charge is 0.481 e. The summed E-state index contributed by atoms with van der Waals surface area (Å²) >= 11 is 1.52. The Balaban J connectivity index is 1.53. The fourth-order valence-electron chi connectivity index (χ4n) is 6.01. The summed E-state index contributed by atoms with van der Waals surface area (Å²) in [7, 11) is 0. The lowest BCUT2D eigenvalue weighted by atomic mass is 9.47. The molecule has 5 rings (SSSR count). The molecule has 4 fully saturated rings. The van der Waals surface area contributed by atoms with E-state index in [-0.39, 0.29) is 17.9 Å². The summed E-state index contributed by atoms with van der Waals surface area (Å²) in [6.07, 6.45) is 10.1. The van der Waals surface area contributed by atoms with Gasteiger partial charge < -0.3 is 10.4 Å². The Hall–Kier alpha value is -0.940. The Labute approximate surface area is 141 Å². The van der Waals surface area contributed by atoms with E-state index in [1.165, 1.54) is 60.5 Å². The maximum Gasteiger partial charge on any atom is 0.304 e. The van der Waals surface area contributed by atoms with Crippen LogP contribution in [0.2, 0.25) is 0 Å². The van der Waals surface area contributed by atoms with Crippen molar-refractivity contribution in [2.24, 2.45) is 23.2 Å². The monoisotopic (exact) mass is 334 g/mol. The van der Waals surface area contributed by atoms with Gasteiger partial charge in [0, 0.05) is 23.7 Å². The summed E-state index contributed by atoms with van der Waals surface area (Å²) in [6, 6.07) is 0.104. The van der Waals surface area contributed by atoms with Crippen LogP contribution in [0.1, 0.15) is 55.4 Å². The van der Waals surface area contributed by atoms with Crippen LogP contribution in [0.5, 0.6) is 0 Å². The number of aryl methyl sites for hydroxylation is 1. The van der Waals surface area contributed by atoms with Gasteiger partial charge in [-0.05, 0) is 85.7 Å². The molecule has 0 aliphatic heterocycles. The van der Waals surface area contributed by atoms with Crippen LogP contribution >= 0.6 is 11.5 Å². The predicted molar refractivity (Wildman–Crippen MR) is 90.3 cm³/mol. The molecule has 0 amide bonds. The molecule has 4 aliphatic carbocycles. The molecule has 1 unspecified atom stereocenters. The summed E-state index contributed by atoms with van der Waals surface area (Å²) in [5, 5.41) is 13.1. The first-order chi connectivity index (χ1) is 11.0. The zero-order chi connectivity index (χ0) is 16.0. The Bertz CT molecular complexity index is 562. The average Bonchev–Trinajstić information content (AvgIpc) is 2.87. The number of aliphatic carboxylic acids is 1. The second-order valence-electron chi connectivity index (χ2n) is 8.22. The third-order valence-corrected chi connectivity index (χ3v) is 7.34. The van der Waals surface area contributed by atoms with E-state index in [9.17, 15) is 9.90 Å². The van der Waals surface area contributed by atoms with Crippen LogP contribution in [0.4, 0.5) is 0 Å². The smallest absolute Gasteiger partial charge is 0.304 e. The van der Waals surface area contributed by atoms with Crippen LogP contribution in [0.3, 0.4) is 0 Å². The van der Waals surface area contributed by atoms with Crippen molar-refractivity contribution in [3.63, 3.8) is 0 Å². The van der Waals surface area contributed by atoms with Gasteiger partial charge in [-0.3, -0.25) is 4.79 Å². The van der Waals surface area contributed by atoms with E-state index in [1.54, 1.807) is 0 Å². The minimum absolute atomic E-state index is 0.104. The first-order valence-electron chi connectivity index (χ1n) is 8.89. The molecule has 1 aromatic rings. The van der Waals surface area contributed by atoms with Crippen LogP contribution < -0.4 is 5.32 Å². The number of carboxylic acid groups (broad SMARTS) is 1. The highest BCUT2D eigenvalue weighted by molar-refractivity contribution is 7.05. The number of carboxylic acids is 1. The van der Waals surface area contributed by atoms with Crippen molar-refractivity contribution >= 4 is 17.5 Å². The van der Waals surface area contributed by atoms with E-state index >= 15 is 0 Å². The fraction of sp³-hybridized carbons (Fsp3) is 0.778. The summed E-state index contributed by atoms with van der Waals surface area (Å²) in [6.45, 7) is 2.84. The molecule has 4 saturated carbocycles. The number of rotatable bonds is 6. The molecule has 1 heterocycles. The van der Waals surface area contributed by atoms with Crippen molar-refractivity contribution < 1.29 is 9.90 Å². The van der Waals surface area contributed by atoms with Crippen LogP contribution in [0.25, 0.3) is 0 Å². The second kappa shape index (κ2) is 5.85. The highest BCUT2D eigenvalue weighted by Crippen LogP contribution is 2.61. The Morgan fingerprint density at radius 3 is 2.43 bits per heavy atom. The lowest BCUT2D eigenvalue weighted by Crippen LogP contribution is -2.56. The Morgan fingerprint density at radius 1 is 1.35 bits per heavy atom. The van der Waals surface area contributed by atoms with Gasteiger partial charge in [-0.1, -0.05) is 0 Å². The van der Waals surface area contributed by atoms with Gasteiger partial charge in [0.25, 0.3) is 0 Å². The molecule has 4 aliphatic rings. The SMILES string of the molecule is Cc1sncc1CNC(CC(=O)O)C12CC3CC(CC(C3)C1)C2. The molecular weight excluding hydrogens is 308 g/mol. The first kappa shape index (κ1) is 15.6. The standard InChI is InChI=1S/C18H26N2O2S/c1-11-15(10-20-23-11)9-19-16(5-17(21)22)18-6-12-2-13(7-18)4-14(3-12)8-18/h10,12-14,16,19H,2-9H2,1H3,(H,21,22). The van der Waals surface area contributed by atoms with Crippen molar-refractivity contribution in [2.45, 2.75) is 64.5 Å². The number of hydrogen-bond donors (Lipinski definition) is 2. The fourth-order valence-corrected chi connectivity index (χ4v) is 6.59. The lowest BCUT2D eigenvalue weighted by Gasteiger charge is -2.59. The lowest BCUT2D eigenvalue weighted by molar-refractivity contribution is -0.141. The van der Waals surface area contributed by atoms with Crippen LogP contribution in [-0.2, 0) is 11.3 Å². The van der Waals surface area contributed by atoms with Crippen molar-refractivity contribution in [1.82, 2.24) is 9.69 Å². The molecule has 23 heavy (non-hydrogen) atoms. The molecular formula is C18H26N2O2S. The van der Waals surface area contributed by atoms with Gasteiger partial charge in [0.15, 0.2) is 0 Å². The summed E-state index contributed by atoms with van der Waals surface area (Å²) in [5.41, 5.74) is 1.44. The second-order valence-corrected chi connectivity index (χ2v) is 9.22. The highest BCUT2D eigenvalue weighted by atomic mass is 32.1. The minimum Gasteiger partial charge on any atom is -0.481 e. The van der Waals surface area contributed by atoms with Gasteiger partial charge in [0.05, 0.1) is 6.42 Å². The molecule has 0 radical (unpaired) electrons. The molecule has 1 atom stereocenters. The van der Waals surface area contributed by atoms with Gasteiger partial charge in [0.2, 0.25) is 0 Å². The van der Waals surface area contributed by atoms with Gasteiger partial charge >= 0.3 is 5.97 Å². The van der Waals surface area contributed by atoms with E-state index in [2.05, 4.69) is 16.6 Å². The minimum atomic E-state index is -0.668. The molecule has 1 aromatic heterocycles. The predicted octanol–water partition coefficient (Wildman–Crippen LogP) is 3.60. The number of hydrogen-bond acceptors (Lipinski definition) is 4. The highest BCUT2D eigenvalue weighted by Gasteiger charge is 2.54. The van der Waals surface area contributed by atoms with E-state index in [0.717, 1.165) is 24.3 Å². The number of nitrogens with one attached hydrogen (secondary N) is 1. The molecule has 0 spiro atoms. The number of carbonyl (C=O) groups is 1. The molecule has 4 bridgehead atoms.